The van der Waals surface area contributed by atoms with Crippen LogP contribution in [0.2, 0.25) is 0 Å². The van der Waals surface area contributed by atoms with E-state index in [0.717, 1.165) is 32.5 Å². The molecule has 2 aliphatic rings. The van der Waals surface area contributed by atoms with Crippen LogP contribution in [0.25, 0.3) is 0 Å². The number of piperazine rings is 1. The van der Waals surface area contributed by atoms with E-state index in [1.165, 1.54) is 4.88 Å². The largest absolute Gasteiger partial charge is 0.480 e. The first-order valence-corrected chi connectivity index (χ1v) is 7.32. The number of carboxylic acids is 1. The number of carboxylic acid groups (broad SMARTS) is 1. The molecule has 2 saturated heterocycles. The first-order valence-electron chi connectivity index (χ1n) is 6.44. The number of hydrogen-bond donors (Lipinski definition) is 1. The lowest BCUT2D eigenvalue weighted by molar-refractivity contribution is -0.140. The quantitative estimate of drug-likeness (QED) is 0.896. The fourth-order valence-electron chi connectivity index (χ4n) is 3.24. The van der Waals surface area contributed by atoms with E-state index in [-0.39, 0.29) is 6.54 Å². The molecule has 1 aromatic heterocycles. The number of hydrogen-bond acceptors (Lipinski definition) is 4. The van der Waals surface area contributed by atoms with E-state index in [1.807, 2.05) is 0 Å². The molecule has 0 amide bonds. The Morgan fingerprint density at radius 3 is 2.67 bits per heavy atom. The van der Waals surface area contributed by atoms with Gasteiger partial charge in [-0.1, -0.05) is 6.07 Å². The highest BCUT2D eigenvalue weighted by atomic mass is 32.1. The average molecular weight is 266 g/mol. The van der Waals surface area contributed by atoms with Crippen molar-refractivity contribution in [1.82, 2.24) is 9.80 Å². The van der Waals surface area contributed by atoms with Gasteiger partial charge in [0.2, 0.25) is 0 Å². The Balaban J connectivity index is 1.62. The van der Waals surface area contributed by atoms with Gasteiger partial charge in [0.05, 0.1) is 6.54 Å². The summed E-state index contributed by atoms with van der Waals surface area (Å²) in [4.78, 5) is 16.9. The second-order valence-electron chi connectivity index (χ2n) is 5.22. The van der Waals surface area contributed by atoms with Gasteiger partial charge in [-0.15, -0.1) is 11.3 Å². The van der Waals surface area contributed by atoms with E-state index in [2.05, 4.69) is 27.3 Å². The minimum atomic E-state index is -0.696. The van der Waals surface area contributed by atoms with Gasteiger partial charge in [-0.2, -0.15) is 0 Å². The highest BCUT2D eigenvalue weighted by Crippen LogP contribution is 2.30. The topological polar surface area (TPSA) is 43.8 Å². The molecule has 3 heterocycles. The molecule has 4 nitrogen and oxygen atoms in total. The molecule has 98 valence electrons. The summed E-state index contributed by atoms with van der Waals surface area (Å²) in [7, 11) is 0. The number of fused-ring (bicyclic) bond motifs is 2. The molecule has 5 heteroatoms. The van der Waals surface area contributed by atoms with Crippen LogP contribution in [0.5, 0.6) is 0 Å². The van der Waals surface area contributed by atoms with Gasteiger partial charge in [0.25, 0.3) is 0 Å². The van der Waals surface area contributed by atoms with Crippen molar-refractivity contribution in [3.05, 3.63) is 22.4 Å². The number of nitrogens with zero attached hydrogens (tertiary/aromatic N) is 2. The maximum Gasteiger partial charge on any atom is 0.317 e. The molecule has 2 atom stereocenters. The molecule has 3 rings (SSSR count). The van der Waals surface area contributed by atoms with Crippen LogP contribution in [0, 0.1) is 0 Å². The maximum absolute atomic E-state index is 10.9. The van der Waals surface area contributed by atoms with E-state index in [0.29, 0.717) is 12.1 Å². The highest BCUT2D eigenvalue weighted by molar-refractivity contribution is 7.09. The van der Waals surface area contributed by atoms with E-state index < -0.39 is 5.97 Å². The average Bonchev–Trinajstić information content (AvgIpc) is 2.87. The van der Waals surface area contributed by atoms with Crippen molar-refractivity contribution in [3.63, 3.8) is 0 Å². The summed E-state index contributed by atoms with van der Waals surface area (Å²) < 4.78 is 0. The molecule has 0 saturated carbocycles. The van der Waals surface area contributed by atoms with Crippen LogP contribution in [-0.4, -0.2) is 52.6 Å². The summed E-state index contributed by atoms with van der Waals surface area (Å²) in [6.07, 6.45) is 2.30. The van der Waals surface area contributed by atoms with Gasteiger partial charge in [0, 0.05) is 36.6 Å². The molecule has 2 bridgehead atoms. The molecule has 1 aromatic rings. The Labute approximate surface area is 111 Å². The van der Waals surface area contributed by atoms with Crippen molar-refractivity contribution in [1.29, 1.82) is 0 Å². The summed E-state index contributed by atoms with van der Waals surface area (Å²) in [6.45, 7) is 3.26. The van der Waals surface area contributed by atoms with Crippen molar-refractivity contribution in [3.8, 4) is 0 Å². The third kappa shape index (κ3) is 2.43. The molecular formula is C13H18N2O2S. The lowest BCUT2D eigenvalue weighted by Gasteiger charge is -2.40. The molecular weight excluding hydrogens is 248 g/mol. The molecule has 0 aliphatic carbocycles. The van der Waals surface area contributed by atoms with Gasteiger partial charge in [-0.3, -0.25) is 14.6 Å². The standard InChI is InChI=1S/C13H18N2O2S/c16-13(17)9-15-10-3-4-11(15)7-14(6-10)8-12-2-1-5-18-12/h1-2,5,10-11H,3-4,6-9H2,(H,16,17). The Morgan fingerprint density at radius 1 is 1.39 bits per heavy atom. The summed E-state index contributed by atoms with van der Waals surface area (Å²) in [5.41, 5.74) is 0. The fourth-order valence-corrected chi connectivity index (χ4v) is 3.99. The van der Waals surface area contributed by atoms with E-state index in [9.17, 15) is 4.79 Å². The van der Waals surface area contributed by atoms with Crippen LogP contribution in [0.1, 0.15) is 17.7 Å². The van der Waals surface area contributed by atoms with E-state index in [1.54, 1.807) is 11.3 Å². The number of thiophene rings is 1. The van der Waals surface area contributed by atoms with Gasteiger partial charge in [0.1, 0.15) is 0 Å². The number of likely N-dealkylation sites (tertiary alicyclic amines) is 1. The summed E-state index contributed by atoms with van der Waals surface area (Å²) >= 11 is 1.80. The molecule has 2 unspecified atom stereocenters. The van der Waals surface area contributed by atoms with Crippen molar-refractivity contribution >= 4 is 17.3 Å². The van der Waals surface area contributed by atoms with Crippen LogP contribution in [-0.2, 0) is 11.3 Å². The zero-order valence-corrected chi connectivity index (χ0v) is 11.1. The number of rotatable bonds is 4. The van der Waals surface area contributed by atoms with Crippen molar-refractivity contribution in [2.45, 2.75) is 31.5 Å². The predicted molar refractivity (Wildman–Crippen MR) is 70.7 cm³/mol. The van der Waals surface area contributed by atoms with Crippen LogP contribution in [0.3, 0.4) is 0 Å². The molecule has 0 radical (unpaired) electrons. The Kier molecular flexibility index (Phi) is 3.37. The van der Waals surface area contributed by atoms with Crippen LogP contribution in [0.4, 0.5) is 0 Å². The van der Waals surface area contributed by atoms with Crippen molar-refractivity contribution in [2.24, 2.45) is 0 Å². The minimum absolute atomic E-state index is 0.210. The molecule has 0 spiro atoms. The zero-order chi connectivity index (χ0) is 12.5. The SMILES string of the molecule is O=C(O)CN1C2CCC1CN(Cc1cccs1)C2. The van der Waals surface area contributed by atoms with Crippen LogP contribution >= 0.6 is 11.3 Å². The zero-order valence-electron chi connectivity index (χ0n) is 10.3. The second kappa shape index (κ2) is 4.99. The third-order valence-corrected chi connectivity index (χ3v) is 4.85. The first kappa shape index (κ1) is 12.1. The fraction of sp³-hybridized carbons (Fsp3) is 0.615. The Hall–Kier alpha value is -0.910. The molecule has 1 N–H and O–H groups in total. The van der Waals surface area contributed by atoms with Crippen molar-refractivity contribution < 1.29 is 9.90 Å². The van der Waals surface area contributed by atoms with Gasteiger partial charge >= 0.3 is 5.97 Å². The highest BCUT2D eigenvalue weighted by Gasteiger charge is 2.40. The van der Waals surface area contributed by atoms with Gasteiger partial charge < -0.3 is 5.11 Å². The Bertz CT molecular complexity index is 407. The maximum atomic E-state index is 10.9. The molecule has 0 aromatic carbocycles. The monoisotopic (exact) mass is 266 g/mol. The third-order valence-electron chi connectivity index (χ3n) is 3.99. The normalized spacial score (nSPS) is 28.7. The first-order chi connectivity index (χ1) is 8.72. The lowest BCUT2D eigenvalue weighted by Crippen LogP contribution is -2.54. The van der Waals surface area contributed by atoms with Crippen LogP contribution < -0.4 is 0 Å². The van der Waals surface area contributed by atoms with Crippen molar-refractivity contribution in [2.75, 3.05) is 19.6 Å². The molecule has 2 aliphatic heterocycles. The molecule has 18 heavy (non-hydrogen) atoms. The second-order valence-corrected chi connectivity index (χ2v) is 6.26. The van der Waals surface area contributed by atoms with E-state index in [4.69, 9.17) is 5.11 Å². The van der Waals surface area contributed by atoms with Crippen LogP contribution in [0.15, 0.2) is 17.5 Å². The summed E-state index contributed by atoms with van der Waals surface area (Å²) in [5.74, 6) is -0.696. The molecule has 2 fully saturated rings. The minimum Gasteiger partial charge on any atom is -0.480 e. The number of carbonyl (C=O) groups is 1. The lowest BCUT2D eigenvalue weighted by atomic mass is 10.2. The Morgan fingerprint density at radius 2 is 2.11 bits per heavy atom. The van der Waals surface area contributed by atoms with Gasteiger partial charge in [-0.25, -0.2) is 0 Å². The number of aliphatic carboxylic acids is 1. The predicted octanol–water partition coefficient (Wildman–Crippen LogP) is 1.48. The summed E-state index contributed by atoms with van der Waals surface area (Å²) in [5, 5.41) is 11.1. The van der Waals surface area contributed by atoms with Gasteiger partial charge in [-0.05, 0) is 24.3 Å². The van der Waals surface area contributed by atoms with E-state index >= 15 is 0 Å². The summed E-state index contributed by atoms with van der Waals surface area (Å²) in [6, 6.07) is 5.16. The van der Waals surface area contributed by atoms with Gasteiger partial charge in [0.15, 0.2) is 0 Å². The smallest absolute Gasteiger partial charge is 0.317 e.